The fourth-order valence-electron chi connectivity index (χ4n) is 7.74. The number of allylic oxidation sites excluding steroid dienone is 19. The van der Waals surface area contributed by atoms with Gasteiger partial charge in [-0.2, -0.15) is 0 Å². The van der Waals surface area contributed by atoms with Crippen molar-refractivity contribution >= 4 is 5.91 Å². The zero-order valence-corrected chi connectivity index (χ0v) is 43.2. The fourth-order valence-corrected chi connectivity index (χ4v) is 7.74. The minimum absolute atomic E-state index is 0.0826. The smallest absolute Gasteiger partial charge is 0.220 e. The molecular formula is C62H105NO3. The highest BCUT2D eigenvalue weighted by atomic mass is 16.3. The van der Waals surface area contributed by atoms with Crippen LogP contribution < -0.4 is 5.32 Å². The summed E-state index contributed by atoms with van der Waals surface area (Å²) in [5.74, 6) is -0.0826. The van der Waals surface area contributed by atoms with E-state index in [0.29, 0.717) is 6.42 Å². The summed E-state index contributed by atoms with van der Waals surface area (Å²) >= 11 is 0. The van der Waals surface area contributed by atoms with Gasteiger partial charge in [0.15, 0.2) is 0 Å². The van der Waals surface area contributed by atoms with E-state index in [9.17, 15) is 15.0 Å². The number of rotatable bonds is 49. The molecule has 4 nitrogen and oxygen atoms in total. The molecule has 0 spiro atoms. The van der Waals surface area contributed by atoms with Gasteiger partial charge in [0, 0.05) is 6.42 Å². The van der Waals surface area contributed by atoms with E-state index in [2.05, 4.69) is 129 Å². The number of carbonyl (C=O) groups is 1. The summed E-state index contributed by atoms with van der Waals surface area (Å²) in [6.07, 6.45) is 86.3. The second-order valence-corrected chi connectivity index (χ2v) is 18.3. The van der Waals surface area contributed by atoms with Crippen LogP contribution in [0, 0.1) is 0 Å². The minimum atomic E-state index is -0.872. The maximum atomic E-state index is 12.5. The molecule has 0 radical (unpaired) electrons. The highest BCUT2D eigenvalue weighted by Gasteiger charge is 2.17. The Kier molecular flexibility index (Phi) is 53.4. The van der Waals surface area contributed by atoms with Gasteiger partial charge in [0.05, 0.1) is 18.8 Å². The van der Waals surface area contributed by atoms with Crippen molar-refractivity contribution in [3.63, 3.8) is 0 Å². The molecule has 0 fully saturated rings. The lowest BCUT2D eigenvalue weighted by Gasteiger charge is -2.19. The lowest BCUT2D eigenvalue weighted by atomic mass is 10.0. The first-order valence-corrected chi connectivity index (χ1v) is 27.7. The largest absolute Gasteiger partial charge is 0.394 e. The normalized spacial score (nSPS) is 13.8. The highest BCUT2D eigenvalue weighted by molar-refractivity contribution is 5.76. The monoisotopic (exact) mass is 912 g/mol. The molecule has 1 amide bonds. The number of aliphatic hydroxyl groups is 2. The Bertz CT molecular complexity index is 1310. The van der Waals surface area contributed by atoms with Crippen LogP contribution >= 0.6 is 0 Å². The molecule has 0 heterocycles. The number of nitrogens with one attached hydrogen (secondary N) is 1. The van der Waals surface area contributed by atoms with Crippen LogP contribution in [0.3, 0.4) is 0 Å². The maximum Gasteiger partial charge on any atom is 0.220 e. The molecule has 2 atom stereocenters. The Hall–Kier alpha value is -3.21. The molecule has 0 aliphatic rings. The van der Waals surface area contributed by atoms with Crippen LogP contribution in [0.1, 0.15) is 245 Å². The van der Waals surface area contributed by atoms with Crippen LogP contribution in [0.5, 0.6) is 0 Å². The number of amides is 1. The minimum Gasteiger partial charge on any atom is -0.394 e. The summed E-state index contributed by atoms with van der Waals surface area (Å²) in [6.45, 7) is 4.18. The van der Waals surface area contributed by atoms with Gasteiger partial charge in [0.1, 0.15) is 0 Å². The third kappa shape index (κ3) is 51.8. The fraction of sp³-hybridized carbons (Fsp3) is 0.661. The van der Waals surface area contributed by atoms with Crippen molar-refractivity contribution in [1.82, 2.24) is 5.32 Å². The van der Waals surface area contributed by atoms with Crippen LogP contribution in [-0.2, 0) is 4.79 Å². The van der Waals surface area contributed by atoms with Crippen molar-refractivity contribution in [2.75, 3.05) is 6.61 Å². The average molecular weight is 913 g/mol. The maximum absolute atomic E-state index is 12.5. The zero-order valence-electron chi connectivity index (χ0n) is 43.2. The van der Waals surface area contributed by atoms with Gasteiger partial charge < -0.3 is 15.5 Å². The molecule has 66 heavy (non-hydrogen) atoms. The molecule has 0 aliphatic heterocycles. The first kappa shape index (κ1) is 62.8. The highest BCUT2D eigenvalue weighted by Crippen LogP contribution is 2.15. The van der Waals surface area contributed by atoms with E-state index < -0.39 is 12.1 Å². The van der Waals surface area contributed by atoms with Gasteiger partial charge in [-0.1, -0.05) is 264 Å². The molecule has 0 aromatic rings. The summed E-state index contributed by atoms with van der Waals surface area (Å²) in [6, 6.07) is -0.650. The number of hydrogen-bond donors (Lipinski definition) is 3. The summed E-state index contributed by atoms with van der Waals surface area (Å²) in [5, 5.41) is 23.1. The van der Waals surface area contributed by atoms with Crippen molar-refractivity contribution in [3.05, 3.63) is 122 Å². The lowest BCUT2D eigenvalue weighted by molar-refractivity contribution is -0.123. The van der Waals surface area contributed by atoms with Crippen molar-refractivity contribution in [1.29, 1.82) is 0 Å². The van der Waals surface area contributed by atoms with Gasteiger partial charge in [0.25, 0.3) is 0 Å². The van der Waals surface area contributed by atoms with Crippen molar-refractivity contribution < 1.29 is 15.0 Å². The van der Waals surface area contributed by atoms with Gasteiger partial charge in [0.2, 0.25) is 5.91 Å². The molecule has 0 saturated heterocycles. The summed E-state index contributed by atoms with van der Waals surface area (Å²) in [4.78, 5) is 12.5. The third-order valence-electron chi connectivity index (χ3n) is 11.9. The van der Waals surface area contributed by atoms with E-state index >= 15 is 0 Å². The number of unbranched alkanes of at least 4 members (excludes halogenated alkanes) is 24. The van der Waals surface area contributed by atoms with Crippen molar-refractivity contribution in [2.24, 2.45) is 0 Å². The molecular weight excluding hydrogens is 807 g/mol. The van der Waals surface area contributed by atoms with Gasteiger partial charge >= 0.3 is 0 Å². The van der Waals surface area contributed by atoms with Crippen LogP contribution in [0.4, 0.5) is 0 Å². The molecule has 0 bridgehead atoms. The molecule has 4 heteroatoms. The van der Waals surface area contributed by atoms with Gasteiger partial charge in [-0.3, -0.25) is 4.79 Å². The Morgan fingerprint density at radius 2 is 0.682 bits per heavy atom. The van der Waals surface area contributed by atoms with Gasteiger partial charge in [-0.15, -0.1) is 0 Å². The van der Waals surface area contributed by atoms with Gasteiger partial charge in [-0.25, -0.2) is 0 Å². The average Bonchev–Trinajstić information content (AvgIpc) is 3.32. The van der Waals surface area contributed by atoms with Crippen LogP contribution in [-0.4, -0.2) is 34.9 Å². The molecule has 0 aliphatic carbocycles. The zero-order chi connectivity index (χ0) is 47.7. The Balaban J connectivity index is 3.62. The van der Waals surface area contributed by atoms with E-state index in [4.69, 9.17) is 0 Å². The van der Waals surface area contributed by atoms with Crippen molar-refractivity contribution in [3.8, 4) is 0 Å². The molecule has 376 valence electrons. The standard InChI is InChI=1S/C62H105NO3/c1-3-5-7-9-11-13-15-17-19-21-23-24-25-26-27-28-29-30-31-32-33-34-35-36-37-38-40-42-44-46-48-50-52-54-56-58-62(66)63-60(59-64)61(65)57-55-53-51-49-47-45-43-41-39-22-20-18-16-14-12-10-8-6-4-2/h5,7,11,13,17,19,23-24,26-27,29-30,32-33,35-36,47,49,55,57,60-61,64-65H,3-4,6,8-10,12,14-16,18,20-22,25,28,31,34,37-46,48,50-54,56,58-59H2,1-2H3,(H,63,66)/b7-5-,13-11-,19-17-,24-23-,27-26-,30-29-,33-32-,36-35-,49-47+,57-55+. The first-order chi connectivity index (χ1) is 32.7. The van der Waals surface area contributed by atoms with Crippen LogP contribution in [0.15, 0.2) is 122 Å². The summed E-state index contributed by atoms with van der Waals surface area (Å²) in [5.41, 5.74) is 0. The van der Waals surface area contributed by atoms with Gasteiger partial charge in [-0.05, 0) is 96.3 Å². The molecule has 0 aromatic heterocycles. The second kappa shape index (κ2) is 56.1. The Morgan fingerprint density at radius 1 is 0.379 bits per heavy atom. The second-order valence-electron chi connectivity index (χ2n) is 18.3. The quantitative estimate of drug-likeness (QED) is 0.0421. The number of hydrogen-bond acceptors (Lipinski definition) is 3. The van der Waals surface area contributed by atoms with E-state index in [1.165, 1.54) is 135 Å². The summed E-state index contributed by atoms with van der Waals surface area (Å²) in [7, 11) is 0. The van der Waals surface area contributed by atoms with E-state index in [1.54, 1.807) is 6.08 Å². The number of carbonyl (C=O) groups excluding carboxylic acids is 1. The van der Waals surface area contributed by atoms with E-state index in [0.717, 1.165) is 89.9 Å². The number of aliphatic hydroxyl groups excluding tert-OH is 2. The first-order valence-electron chi connectivity index (χ1n) is 27.7. The van der Waals surface area contributed by atoms with E-state index in [-0.39, 0.29) is 12.5 Å². The van der Waals surface area contributed by atoms with Crippen LogP contribution in [0.2, 0.25) is 0 Å². The molecule has 0 aromatic carbocycles. The predicted molar refractivity (Wildman–Crippen MR) is 294 cm³/mol. The Morgan fingerprint density at radius 3 is 1.06 bits per heavy atom. The van der Waals surface area contributed by atoms with Crippen molar-refractivity contribution in [2.45, 2.75) is 257 Å². The SMILES string of the molecule is CC/C=C\C/C=C\C/C=C\C/C=C\C/C=C\C/C=C\C/C=C\C/C=C\CCCCCCCCCCCCC(=O)NC(CO)C(O)/C=C/CC/C=C/CCCCCCCCCCCCCCC. The predicted octanol–water partition coefficient (Wildman–Crippen LogP) is 18.5. The summed E-state index contributed by atoms with van der Waals surface area (Å²) < 4.78 is 0. The Labute approximate surface area is 409 Å². The van der Waals surface area contributed by atoms with E-state index in [1.807, 2.05) is 6.08 Å². The molecule has 3 N–H and O–H groups in total. The third-order valence-corrected chi connectivity index (χ3v) is 11.9. The molecule has 0 rings (SSSR count). The molecule has 2 unspecified atom stereocenters. The lowest BCUT2D eigenvalue weighted by Crippen LogP contribution is -2.45. The topological polar surface area (TPSA) is 69.6 Å². The molecule has 0 saturated carbocycles. The van der Waals surface area contributed by atoms with Crippen LogP contribution in [0.25, 0.3) is 0 Å².